The molecule has 1 saturated heterocycles. The van der Waals surface area contributed by atoms with Crippen molar-refractivity contribution in [2.45, 2.75) is 56.5 Å². The zero-order chi connectivity index (χ0) is 21.2. The molecule has 0 radical (unpaired) electrons. The average molecular weight is 433 g/mol. The monoisotopic (exact) mass is 433 g/mol. The number of aromatic hydroxyl groups is 3. The first-order valence-electron chi connectivity index (χ1n) is 9.21. The van der Waals surface area contributed by atoms with Crippen molar-refractivity contribution in [3.63, 3.8) is 0 Å². The summed E-state index contributed by atoms with van der Waals surface area (Å²) in [6, 6.07) is 2.09. The van der Waals surface area contributed by atoms with Gasteiger partial charge in [-0.15, -0.1) is 0 Å². The number of hydrazone groups is 1. The van der Waals surface area contributed by atoms with Crippen LogP contribution in [-0.2, 0) is 0 Å². The molecule has 29 heavy (non-hydrogen) atoms. The van der Waals surface area contributed by atoms with Gasteiger partial charge in [0.05, 0.1) is 18.0 Å². The van der Waals surface area contributed by atoms with Crippen molar-refractivity contribution in [1.29, 1.82) is 0 Å². The molecule has 160 valence electrons. The molecule has 1 unspecified atom stereocenters. The van der Waals surface area contributed by atoms with E-state index in [1.54, 1.807) is 0 Å². The van der Waals surface area contributed by atoms with Crippen LogP contribution in [0.5, 0.6) is 17.2 Å². The van der Waals surface area contributed by atoms with Gasteiger partial charge in [0.2, 0.25) is 5.75 Å². The number of phenols is 3. The minimum atomic E-state index is -4.99. The Bertz CT molecular complexity index is 810. The van der Waals surface area contributed by atoms with Gasteiger partial charge in [-0.2, -0.15) is 18.3 Å². The van der Waals surface area contributed by atoms with Crippen molar-refractivity contribution in [2.75, 3.05) is 5.75 Å². The molecule has 11 heteroatoms. The third kappa shape index (κ3) is 4.40. The van der Waals surface area contributed by atoms with Gasteiger partial charge < -0.3 is 20.4 Å². The Morgan fingerprint density at radius 1 is 1.07 bits per heavy atom. The summed E-state index contributed by atoms with van der Waals surface area (Å²) < 4.78 is 40.7. The van der Waals surface area contributed by atoms with Crippen LogP contribution in [0, 0.1) is 0 Å². The number of thioether (sulfide) groups is 1. The second-order valence-electron chi connectivity index (χ2n) is 7.09. The van der Waals surface area contributed by atoms with E-state index in [4.69, 9.17) is 0 Å². The molecule has 2 aliphatic rings. The molecule has 4 N–H and O–H groups in total. The fourth-order valence-corrected chi connectivity index (χ4v) is 4.40. The third-order valence-corrected chi connectivity index (χ3v) is 6.06. The molecule has 3 rings (SSSR count). The number of halogens is 3. The molecule has 1 heterocycles. The van der Waals surface area contributed by atoms with Crippen LogP contribution in [-0.4, -0.2) is 60.5 Å². The smallest absolute Gasteiger partial charge is 0.439 e. The zero-order valence-corrected chi connectivity index (χ0v) is 16.2. The molecule has 1 aromatic carbocycles. The first-order chi connectivity index (χ1) is 13.6. The zero-order valence-electron chi connectivity index (χ0n) is 15.4. The number of hydrogen-bond donors (Lipinski definition) is 4. The van der Waals surface area contributed by atoms with Gasteiger partial charge in [0.25, 0.3) is 5.72 Å². The Morgan fingerprint density at radius 3 is 2.34 bits per heavy atom. The van der Waals surface area contributed by atoms with Crippen LogP contribution in [0.25, 0.3) is 0 Å². The first-order valence-corrected chi connectivity index (χ1v) is 10.2. The number of phenolic OH excluding ortho intramolecular Hbond substituents is 3. The lowest BCUT2D eigenvalue weighted by atomic mass is 10.1. The van der Waals surface area contributed by atoms with E-state index in [0.29, 0.717) is 5.01 Å². The van der Waals surface area contributed by atoms with Crippen molar-refractivity contribution in [1.82, 2.24) is 5.01 Å². The van der Waals surface area contributed by atoms with Crippen molar-refractivity contribution in [3.8, 4) is 17.2 Å². The summed E-state index contributed by atoms with van der Waals surface area (Å²) in [5.41, 5.74) is -3.37. The Balaban J connectivity index is 1.95. The average Bonchev–Trinajstić information content (AvgIpc) is 2.83. The van der Waals surface area contributed by atoms with E-state index in [0.717, 1.165) is 62.6 Å². The van der Waals surface area contributed by atoms with E-state index < -0.39 is 34.9 Å². The van der Waals surface area contributed by atoms with E-state index in [1.807, 2.05) is 0 Å². The molecule has 1 aromatic rings. The summed E-state index contributed by atoms with van der Waals surface area (Å²) in [4.78, 5) is 4.43. The van der Waals surface area contributed by atoms with Crippen molar-refractivity contribution >= 4 is 23.1 Å². The normalized spacial score (nSPS) is 25.8. The largest absolute Gasteiger partial charge is 0.504 e. The highest BCUT2D eigenvalue weighted by atomic mass is 32.2. The molecular weight excluding hydrogens is 411 g/mol. The van der Waals surface area contributed by atoms with Crippen LogP contribution >= 0.6 is 11.8 Å². The predicted octanol–water partition coefficient (Wildman–Crippen LogP) is 3.52. The summed E-state index contributed by atoms with van der Waals surface area (Å²) in [7, 11) is 0. The summed E-state index contributed by atoms with van der Waals surface area (Å²) in [6.45, 7) is 0. The van der Waals surface area contributed by atoms with Gasteiger partial charge in [-0.25, -0.2) is 5.01 Å². The van der Waals surface area contributed by atoms with Gasteiger partial charge >= 0.3 is 6.18 Å². The fourth-order valence-electron chi connectivity index (χ4n) is 3.24. The molecule has 0 aromatic heterocycles. The van der Waals surface area contributed by atoms with Crippen LogP contribution in [0.3, 0.4) is 0 Å². The Hall–Kier alpha value is -2.14. The second kappa shape index (κ2) is 8.31. The van der Waals surface area contributed by atoms with Crippen LogP contribution in [0.15, 0.2) is 22.2 Å². The summed E-state index contributed by atoms with van der Waals surface area (Å²) in [6.07, 6.45) is 1.42. The maximum Gasteiger partial charge on any atom is 0.439 e. The maximum absolute atomic E-state index is 13.6. The Morgan fingerprint density at radius 2 is 1.72 bits per heavy atom. The van der Waals surface area contributed by atoms with Gasteiger partial charge in [-0.3, -0.25) is 4.99 Å². The molecule has 1 aliphatic heterocycles. The minimum absolute atomic E-state index is 0.0459. The minimum Gasteiger partial charge on any atom is -0.504 e. The number of hydrogen-bond acceptors (Lipinski definition) is 7. The molecule has 0 spiro atoms. The van der Waals surface area contributed by atoms with Gasteiger partial charge in [0.1, 0.15) is 0 Å². The summed E-state index contributed by atoms with van der Waals surface area (Å²) in [5.74, 6) is -2.83. The summed E-state index contributed by atoms with van der Waals surface area (Å²) in [5, 5.41) is 43.2. The molecular formula is C18H22F3N3O4S. The number of alkyl halides is 3. The lowest BCUT2D eigenvalue weighted by Crippen LogP contribution is -2.56. The standard InChI is InChI=1S/C18H22F3N3O4S/c19-18(20,21)17(28)10-29-16(23-12-5-3-1-2-4-6-12)24(17)22-9-11-7-8-13(25)15(27)14(11)26/h7-9,12,25-28H,1-6,10H2/b22-9+,23-16+. The molecule has 1 saturated carbocycles. The predicted molar refractivity (Wildman–Crippen MR) is 103 cm³/mol. The van der Waals surface area contributed by atoms with Crippen LogP contribution in [0.1, 0.15) is 44.1 Å². The number of rotatable bonds is 3. The maximum atomic E-state index is 13.6. The number of amidine groups is 1. The van der Waals surface area contributed by atoms with Crippen LogP contribution in [0.2, 0.25) is 0 Å². The topological polar surface area (TPSA) is 109 Å². The van der Waals surface area contributed by atoms with Gasteiger partial charge in [-0.1, -0.05) is 37.4 Å². The summed E-state index contributed by atoms with van der Waals surface area (Å²) >= 11 is 0.770. The SMILES string of the molecule is Oc1ccc(/C=N/N2/C(=N\C3CCCCCC3)SCC2(O)C(F)(F)F)c(O)c1O. The number of nitrogens with zero attached hydrogens (tertiary/aromatic N) is 3. The highest BCUT2D eigenvalue weighted by Gasteiger charge is 2.63. The first kappa shape index (κ1) is 21.6. The Labute approximate surface area is 169 Å². The van der Waals surface area contributed by atoms with Crippen LogP contribution in [0.4, 0.5) is 13.2 Å². The van der Waals surface area contributed by atoms with Gasteiger partial charge in [-0.05, 0) is 25.0 Å². The van der Waals surface area contributed by atoms with E-state index in [1.165, 1.54) is 6.07 Å². The van der Waals surface area contributed by atoms with Crippen molar-refractivity contribution < 1.29 is 33.6 Å². The number of aliphatic imine (C=N–C) groups is 1. The highest BCUT2D eigenvalue weighted by Crippen LogP contribution is 2.44. The molecule has 0 bridgehead atoms. The van der Waals surface area contributed by atoms with Crippen molar-refractivity contribution in [2.24, 2.45) is 10.1 Å². The van der Waals surface area contributed by atoms with E-state index in [-0.39, 0.29) is 16.8 Å². The van der Waals surface area contributed by atoms with E-state index >= 15 is 0 Å². The lowest BCUT2D eigenvalue weighted by molar-refractivity contribution is -0.289. The second-order valence-corrected chi connectivity index (χ2v) is 8.03. The molecule has 2 fully saturated rings. The molecule has 0 amide bonds. The van der Waals surface area contributed by atoms with Crippen molar-refractivity contribution in [3.05, 3.63) is 17.7 Å². The molecule has 1 atom stereocenters. The third-order valence-electron chi connectivity index (χ3n) is 4.98. The Kier molecular flexibility index (Phi) is 6.18. The van der Waals surface area contributed by atoms with Crippen LogP contribution < -0.4 is 0 Å². The van der Waals surface area contributed by atoms with Gasteiger partial charge in [0, 0.05) is 5.56 Å². The number of benzene rings is 1. The number of aliphatic hydroxyl groups is 1. The molecule has 1 aliphatic carbocycles. The quantitative estimate of drug-likeness (QED) is 0.330. The fraction of sp³-hybridized carbons (Fsp3) is 0.556. The molecule has 7 nitrogen and oxygen atoms in total. The lowest BCUT2D eigenvalue weighted by Gasteiger charge is -2.31. The van der Waals surface area contributed by atoms with E-state index in [2.05, 4.69) is 10.1 Å². The van der Waals surface area contributed by atoms with Gasteiger partial charge in [0.15, 0.2) is 16.7 Å². The van der Waals surface area contributed by atoms with E-state index in [9.17, 15) is 33.6 Å². The highest BCUT2D eigenvalue weighted by molar-refractivity contribution is 8.14.